The number of benzene rings is 2. The first-order chi connectivity index (χ1) is 13.8. The fraction of sp³-hybridized carbons (Fsp3) is 0.409. The van der Waals surface area contributed by atoms with Gasteiger partial charge in [-0.05, 0) is 42.4 Å². The molecule has 3 atom stereocenters. The van der Waals surface area contributed by atoms with Gasteiger partial charge in [-0.25, -0.2) is 17.5 Å². The maximum atomic E-state index is 14.7. The van der Waals surface area contributed by atoms with Gasteiger partial charge in [0, 0.05) is 30.6 Å². The van der Waals surface area contributed by atoms with Gasteiger partial charge in [0.05, 0.1) is 6.26 Å². The van der Waals surface area contributed by atoms with Crippen LogP contribution in [0.3, 0.4) is 0 Å². The standard InChI is InChI=1S/C22H25FN2O3S/c1-29(27,28)24-16-9-6-12-25(14-16)22(26)19-13-18(19)17-10-5-11-20(23)21(17)15-7-3-2-4-8-15/h2-5,7-8,10-11,16,18-19,24H,6,9,12-14H2,1H3/t16-,18+,19-/m1/s1. The molecule has 2 fully saturated rings. The van der Waals surface area contributed by atoms with Gasteiger partial charge in [0.15, 0.2) is 0 Å². The Kier molecular flexibility index (Phi) is 5.44. The lowest BCUT2D eigenvalue weighted by Crippen LogP contribution is -2.49. The topological polar surface area (TPSA) is 66.5 Å². The number of halogens is 1. The first-order valence-corrected chi connectivity index (χ1v) is 11.8. The number of nitrogens with zero attached hydrogens (tertiary/aromatic N) is 1. The van der Waals surface area contributed by atoms with Crippen molar-refractivity contribution in [3.8, 4) is 11.1 Å². The number of hydrogen-bond acceptors (Lipinski definition) is 3. The number of rotatable bonds is 5. The highest BCUT2D eigenvalue weighted by atomic mass is 32.2. The molecule has 1 heterocycles. The SMILES string of the molecule is CS(=O)(=O)N[C@@H]1CCCN(C(=O)[C@@H]2C[C@H]2c2cccc(F)c2-c2ccccc2)C1. The van der Waals surface area contributed by atoms with Crippen LogP contribution < -0.4 is 4.72 Å². The lowest BCUT2D eigenvalue weighted by Gasteiger charge is -2.33. The predicted octanol–water partition coefficient (Wildman–Crippen LogP) is 3.14. The second kappa shape index (κ2) is 7.88. The van der Waals surface area contributed by atoms with Crippen LogP contribution in [0, 0.1) is 11.7 Å². The van der Waals surface area contributed by atoms with Crippen molar-refractivity contribution in [3.05, 3.63) is 59.9 Å². The predicted molar refractivity (Wildman–Crippen MR) is 110 cm³/mol. The average Bonchev–Trinajstić information content (AvgIpc) is 3.47. The number of sulfonamides is 1. The summed E-state index contributed by atoms with van der Waals surface area (Å²) in [6, 6.07) is 14.2. The monoisotopic (exact) mass is 416 g/mol. The van der Waals surface area contributed by atoms with Crippen molar-refractivity contribution in [2.45, 2.75) is 31.2 Å². The van der Waals surface area contributed by atoms with Gasteiger partial charge < -0.3 is 4.90 Å². The molecule has 2 aromatic carbocycles. The van der Waals surface area contributed by atoms with Crippen LogP contribution in [0.1, 0.15) is 30.7 Å². The van der Waals surface area contributed by atoms with E-state index in [1.807, 2.05) is 36.4 Å². The van der Waals surface area contributed by atoms with Crippen molar-refractivity contribution in [1.82, 2.24) is 9.62 Å². The number of piperidine rings is 1. The largest absolute Gasteiger partial charge is 0.341 e. The zero-order valence-corrected chi connectivity index (χ0v) is 17.2. The molecule has 1 aliphatic heterocycles. The van der Waals surface area contributed by atoms with Crippen LogP contribution in [0.4, 0.5) is 4.39 Å². The molecule has 4 rings (SSSR count). The lowest BCUT2D eigenvalue weighted by atomic mass is 9.95. The van der Waals surface area contributed by atoms with Crippen LogP contribution in [-0.2, 0) is 14.8 Å². The third kappa shape index (κ3) is 4.51. The van der Waals surface area contributed by atoms with E-state index in [1.165, 1.54) is 6.07 Å². The van der Waals surface area contributed by atoms with Crippen molar-refractivity contribution in [1.29, 1.82) is 0 Å². The molecule has 0 radical (unpaired) electrons. The van der Waals surface area contributed by atoms with Gasteiger partial charge in [-0.3, -0.25) is 4.79 Å². The normalized spacial score (nSPS) is 24.3. The minimum absolute atomic E-state index is 0.00310. The van der Waals surface area contributed by atoms with E-state index in [2.05, 4.69) is 4.72 Å². The van der Waals surface area contributed by atoms with Gasteiger partial charge in [0.25, 0.3) is 0 Å². The van der Waals surface area contributed by atoms with E-state index in [0.717, 1.165) is 30.2 Å². The second-order valence-corrected chi connectivity index (χ2v) is 9.81. The second-order valence-electron chi connectivity index (χ2n) is 8.03. The highest BCUT2D eigenvalue weighted by Gasteiger charge is 2.47. The van der Waals surface area contributed by atoms with Crippen LogP contribution >= 0.6 is 0 Å². The molecule has 5 nitrogen and oxygen atoms in total. The van der Waals surface area contributed by atoms with Gasteiger partial charge in [0.1, 0.15) is 5.82 Å². The molecule has 29 heavy (non-hydrogen) atoms. The number of carbonyl (C=O) groups excluding carboxylic acids is 1. The summed E-state index contributed by atoms with van der Waals surface area (Å²) in [6.45, 7) is 1.03. The van der Waals surface area contributed by atoms with Crippen LogP contribution in [-0.4, -0.2) is 44.6 Å². The Hall–Kier alpha value is -2.25. The van der Waals surface area contributed by atoms with Gasteiger partial charge in [-0.2, -0.15) is 0 Å². The zero-order chi connectivity index (χ0) is 20.6. The molecule has 1 saturated heterocycles. The summed E-state index contributed by atoms with van der Waals surface area (Å²) < 4.78 is 40.3. The molecule has 1 saturated carbocycles. The first kappa shape index (κ1) is 20.0. The molecular formula is C22H25FN2O3S. The highest BCUT2D eigenvalue weighted by Crippen LogP contribution is 2.51. The van der Waals surface area contributed by atoms with Gasteiger partial charge in [-0.1, -0.05) is 42.5 Å². The minimum Gasteiger partial charge on any atom is -0.341 e. The highest BCUT2D eigenvalue weighted by molar-refractivity contribution is 7.88. The maximum absolute atomic E-state index is 14.7. The molecule has 0 bridgehead atoms. The number of nitrogens with one attached hydrogen (secondary N) is 1. The Morgan fingerprint density at radius 2 is 1.90 bits per heavy atom. The first-order valence-electron chi connectivity index (χ1n) is 9.93. The summed E-state index contributed by atoms with van der Waals surface area (Å²) in [5, 5.41) is 0. The van der Waals surface area contributed by atoms with Crippen molar-refractivity contribution in [3.63, 3.8) is 0 Å². The fourth-order valence-electron chi connectivity index (χ4n) is 4.38. The van der Waals surface area contributed by atoms with Crippen molar-refractivity contribution >= 4 is 15.9 Å². The molecule has 154 valence electrons. The van der Waals surface area contributed by atoms with Gasteiger partial charge in [0.2, 0.25) is 15.9 Å². The summed E-state index contributed by atoms with van der Waals surface area (Å²) in [5.41, 5.74) is 2.26. The third-order valence-corrected chi connectivity index (χ3v) is 6.49. The minimum atomic E-state index is -3.30. The quantitative estimate of drug-likeness (QED) is 0.814. The zero-order valence-electron chi connectivity index (χ0n) is 16.3. The summed E-state index contributed by atoms with van der Waals surface area (Å²) in [6.07, 6.45) is 3.33. The summed E-state index contributed by atoms with van der Waals surface area (Å²) in [4.78, 5) is 14.8. The van der Waals surface area contributed by atoms with E-state index < -0.39 is 10.0 Å². The van der Waals surface area contributed by atoms with E-state index in [9.17, 15) is 17.6 Å². The molecule has 0 spiro atoms. The molecule has 1 aliphatic carbocycles. The van der Waals surface area contributed by atoms with Crippen molar-refractivity contribution in [2.24, 2.45) is 5.92 Å². The summed E-state index contributed by atoms with van der Waals surface area (Å²) in [7, 11) is -3.30. The molecule has 1 amide bonds. The summed E-state index contributed by atoms with van der Waals surface area (Å²) in [5.74, 6) is -0.409. The fourth-order valence-corrected chi connectivity index (χ4v) is 5.18. The van der Waals surface area contributed by atoms with Crippen LogP contribution in [0.2, 0.25) is 0 Å². The number of carbonyl (C=O) groups is 1. The molecule has 0 unspecified atom stereocenters. The van der Waals surface area contributed by atoms with Gasteiger partial charge in [-0.15, -0.1) is 0 Å². The number of likely N-dealkylation sites (tertiary alicyclic amines) is 1. The van der Waals surface area contributed by atoms with E-state index in [1.54, 1.807) is 11.0 Å². The Morgan fingerprint density at radius 3 is 2.62 bits per heavy atom. The summed E-state index contributed by atoms with van der Waals surface area (Å²) >= 11 is 0. The Balaban J connectivity index is 1.51. The molecule has 1 N–H and O–H groups in total. The molecule has 0 aromatic heterocycles. The smallest absolute Gasteiger partial charge is 0.226 e. The number of hydrogen-bond donors (Lipinski definition) is 1. The molecule has 2 aliphatic rings. The van der Waals surface area contributed by atoms with Crippen LogP contribution in [0.5, 0.6) is 0 Å². The van der Waals surface area contributed by atoms with Crippen LogP contribution in [0.25, 0.3) is 11.1 Å². The lowest BCUT2D eigenvalue weighted by molar-refractivity contribution is -0.133. The van der Waals surface area contributed by atoms with Gasteiger partial charge >= 0.3 is 0 Å². The van der Waals surface area contributed by atoms with Crippen LogP contribution in [0.15, 0.2) is 48.5 Å². The maximum Gasteiger partial charge on any atom is 0.226 e. The molecular weight excluding hydrogens is 391 g/mol. The van der Waals surface area contributed by atoms with E-state index in [0.29, 0.717) is 25.1 Å². The van der Waals surface area contributed by atoms with Crippen molar-refractivity contribution < 1.29 is 17.6 Å². The molecule has 7 heteroatoms. The number of amides is 1. The van der Waals surface area contributed by atoms with E-state index in [-0.39, 0.29) is 29.6 Å². The Labute approximate surface area is 171 Å². The Morgan fingerprint density at radius 1 is 1.14 bits per heavy atom. The Bertz CT molecular complexity index is 1010. The third-order valence-electron chi connectivity index (χ3n) is 5.73. The van der Waals surface area contributed by atoms with E-state index >= 15 is 0 Å². The average molecular weight is 417 g/mol. The van der Waals surface area contributed by atoms with Crippen molar-refractivity contribution in [2.75, 3.05) is 19.3 Å². The molecule has 2 aromatic rings. The van der Waals surface area contributed by atoms with E-state index in [4.69, 9.17) is 0 Å².